The normalized spacial score (nSPS) is 13.6. The molecule has 0 spiro atoms. The lowest BCUT2D eigenvalue weighted by molar-refractivity contribution is 1.44. The van der Waals surface area contributed by atoms with Gasteiger partial charge in [-0.1, -0.05) is 59.1 Å². The quantitative estimate of drug-likeness (QED) is 0.687. The molecule has 1 heteroatoms. The van der Waals surface area contributed by atoms with Crippen molar-refractivity contribution in [3.05, 3.63) is 75.8 Å². The van der Waals surface area contributed by atoms with Gasteiger partial charge in [-0.3, -0.25) is 0 Å². The van der Waals surface area contributed by atoms with Gasteiger partial charge in [0.25, 0.3) is 0 Å². The number of hydrogen-bond acceptors (Lipinski definition) is 0. The van der Waals surface area contributed by atoms with E-state index < -0.39 is 0 Å². The third-order valence-corrected chi connectivity index (χ3v) is 3.58. The van der Waals surface area contributed by atoms with Crippen LogP contribution in [0.15, 0.2) is 54.1 Å². The van der Waals surface area contributed by atoms with E-state index in [0.29, 0.717) is 0 Å². The highest BCUT2D eigenvalue weighted by molar-refractivity contribution is 6.30. The molecular formula is C17H15Cl. The standard InChI is InChI=1S/C17H15Cl/c1-12-2-4-13(5-3-12)17(14-6-7-14)15-8-10-16(18)11-9-15/h2-5,8-11H,6-7H2,1H3. The van der Waals surface area contributed by atoms with Crippen molar-refractivity contribution in [2.24, 2.45) is 0 Å². The third-order valence-electron chi connectivity index (χ3n) is 3.33. The fourth-order valence-corrected chi connectivity index (χ4v) is 2.35. The first-order valence-corrected chi connectivity index (χ1v) is 6.67. The fraction of sp³-hybridized carbons (Fsp3) is 0.176. The van der Waals surface area contributed by atoms with E-state index in [1.807, 2.05) is 12.1 Å². The Morgan fingerprint density at radius 3 is 1.83 bits per heavy atom. The van der Waals surface area contributed by atoms with Gasteiger partial charge in [-0.2, -0.15) is 0 Å². The first-order chi connectivity index (χ1) is 8.74. The lowest BCUT2D eigenvalue weighted by Gasteiger charge is -2.09. The largest absolute Gasteiger partial charge is 0.0843 e. The second kappa shape index (κ2) is 4.62. The predicted octanol–water partition coefficient (Wildman–Crippen LogP) is 5.24. The van der Waals surface area contributed by atoms with E-state index in [1.54, 1.807) is 5.57 Å². The Morgan fingerprint density at radius 1 is 0.833 bits per heavy atom. The molecule has 2 aromatic rings. The molecule has 1 aliphatic carbocycles. The highest BCUT2D eigenvalue weighted by Crippen LogP contribution is 2.40. The maximum absolute atomic E-state index is 5.96. The highest BCUT2D eigenvalue weighted by atomic mass is 35.5. The van der Waals surface area contributed by atoms with Crippen molar-refractivity contribution >= 4 is 17.2 Å². The molecule has 3 rings (SSSR count). The van der Waals surface area contributed by atoms with E-state index in [2.05, 4.69) is 43.3 Å². The van der Waals surface area contributed by atoms with Crippen LogP contribution >= 0.6 is 11.6 Å². The first-order valence-electron chi connectivity index (χ1n) is 6.29. The van der Waals surface area contributed by atoms with E-state index in [-0.39, 0.29) is 0 Å². The van der Waals surface area contributed by atoms with Crippen molar-refractivity contribution in [1.82, 2.24) is 0 Å². The smallest absolute Gasteiger partial charge is 0.0406 e. The number of benzene rings is 2. The maximum atomic E-state index is 5.96. The minimum Gasteiger partial charge on any atom is -0.0843 e. The summed E-state index contributed by atoms with van der Waals surface area (Å²) in [6.07, 6.45) is 2.46. The molecule has 0 saturated heterocycles. The monoisotopic (exact) mass is 254 g/mol. The molecule has 18 heavy (non-hydrogen) atoms. The van der Waals surface area contributed by atoms with Gasteiger partial charge in [0.15, 0.2) is 0 Å². The van der Waals surface area contributed by atoms with E-state index in [0.717, 1.165) is 5.02 Å². The van der Waals surface area contributed by atoms with Crippen LogP contribution in [-0.2, 0) is 0 Å². The van der Waals surface area contributed by atoms with Gasteiger partial charge in [0, 0.05) is 5.02 Å². The van der Waals surface area contributed by atoms with Crippen LogP contribution < -0.4 is 0 Å². The van der Waals surface area contributed by atoms with Crippen molar-refractivity contribution in [3.63, 3.8) is 0 Å². The molecule has 1 aliphatic rings. The first kappa shape index (κ1) is 11.6. The topological polar surface area (TPSA) is 0 Å². The van der Waals surface area contributed by atoms with Crippen LogP contribution in [0.3, 0.4) is 0 Å². The summed E-state index contributed by atoms with van der Waals surface area (Å²) in [6, 6.07) is 16.9. The van der Waals surface area contributed by atoms with Crippen molar-refractivity contribution in [2.45, 2.75) is 19.8 Å². The van der Waals surface area contributed by atoms with Gasteiger partial charge < -0.3 is 0 Å². The van der Waals surface area contributed by atoms with Crippen molar-refractivity contribution in [1.29, 1.82) is 0 Å². The molecule has 0 unspecified atom stereocenters. The number of rotatable bonds is 2. The summed E-state index contributed by atoms with van der Waals surface area (Å²) in [5.41, 5.74) is 6.84. The average molecular weight is 255 g/mol. The van der Waals surface area contributed by atoms with E-state index in [9.17, 15) is 0 Å². The van der Waals surface area contributed by atoms with Crippen LogP contribution in [0.5, 0.6) is 0 Å². The Kier molecular flexibility index (Phi) is 2.97. The minimum atomic E-state index is 0.794. The summed E-state index contributed by atoms with van der Waals surface area (Å²) in [5.74, 6) is 0. The number of hydrogen-bond donors (Lipinski definition) is 0. The van der Waals surface area contributed by atoms with E-state index in [1.165, 1.54) is 35.1 Å². The van der Waals surface area contributed by atoms with Crippen LogP contribution in [0, 0.1) is 6.92 Å². The minimum absolute atomic E-state index is 0.794. The van der Waals surface area contributed by atoms with Crippen molar-refractivity contribution < 1.29 is 0 Å². The SMILES string of the molecule is Cc1ccc(C(=C2CC2)c2ccc(Cl)cc2)cc1. The number of aryl methyl sites for hydroxylation is 1. The summed E-state index contributed by atoms with van der Waals surface area (Å²) in [6.45, 7) is 2.12. The molecule has 90 valence electrons. The van der Waals surface area contributed by atoms with Crippen LogP contribution in [0.1, 0.15) is 29.5 Å². The zero-order valence-corrected chi connectivity index (χ0v) is 11.2. The van der Waals surface area contributed by atoms with Crippen LogP contribution in [0.4, 0.5) is 0 Å². The summed E-state index contributed by atoms with van der Waals surface area (Å²) in [4.78, 5) is 0. The molecule has 0 radical (unpaired) electrons. The van der Waals surface area contributed by atoms with Crippen LogP contribution in [-0.4, -0.2) is 0 Å². The lowest BCUT2D eigenvalue weighted by Crippen LogP contribution is -1.88. The fourth-order valence-electron chi connectivity index (χ4n) is 2.22. The van der Waals surface area contributed by atoms with Gasteiger partial charge in [0.2, 0.25) is 0 Å². The van der Waals surface area contributed by atoms with Gasteiger partial charge in [0.1, 0.15) is 0 Å². The molecule has 0 bridgehead atoms. The number of allylic oxidation sites excluding steroid dienone is 1. The zero-order chi connectivity index (χ0) is 12.5. The molecule has 1 fully saturated rings. The average Bonchev–Trinajstić information content (AvgIpc) is 3.19. The second-order valence-corrected chi connectivity index (χ2v) is 5.29. The predicted molar refractivity (Wildman–Crippen MR) is 77.9 cm³/mol. The summed E-state index contributed by atoms with van der Waals surface area (Å²) >= 11 is 5.96. The highest BCUT2D eigenvalue weighted by Gasteiger charge is 2.20. The third kappa shape index (κ3) is 2.34. The molecule has 0 N–H and O–H groups in total. The molecule has 0 aromatic heterocycles. The molecule has 0 nitrogen and oxygen atoms in total. The molecule has 1 saturated carbocycles. The van der Waals surface area contributed by atoms with Crippen molar-refractivity contribution in [3.8, 4) is 0 Å². The molecule has 0 heterocycles. The Labute approximate surface area is 113 Å². The molecule has 2 aromatic carbocycles. The molecule has 0 amide bonds. The Bertz CT molecular complexity index is 535. The van der Waals surface area contributed by atoms with Gasteiger partial charge in [-0.15, -0.1) is 0 Å². The molecule has 0 atom stereocenters. The van der Waals surface area contributed by atoms with Gasteiger partial charge in [-0.25, -0.2) is 0 Å². The van der Waals surface area contributed by atoms with Gasteiger partial charge >= 0.3 is 0 Å². The van der Waals surface area contributed by atoms with Gasteiger partial charge in [0.05, 0.1) is 0 Å². The van der Waals surface area contributed by atoms with Crippen LogP contribution in [0.25, 0.3) is 5.57 Å². The van der Waals surface area contributed by atoms with Crippen LogP contribution in [0.2, 0.25) is 5.02 Å². The lowest BCUT2D eigenvalue weighted by atomic mass is 9.96. The Morgan fingerprint density at radius 2 is 1.33 bits per heavy atom. The van der Waals surface area contributed by atoms with E-state index >= 15 is 0 Å². The zero-order valence-electron chi connectivity index (χ0n) is 10.4. The maximum Gasteiger partial charge on any atom is 0.0406 e. The van der Waals surface area contributed by atoms with E-state index in [4.69, 9.17) is 11.6 Å². The second-order valence-electron chi connectivity index (χ2n) is 4.85. The summed E-state index contributed by atoms with van der Waals surface area (Å²) in [7, 11) is 0. The number of halogens is 1. The summed E-state index contributed by atoms with van der Waals surface area (Å²) in [5, 5.41) is 0.794. The molecular weight excluding hydrogens is 240 g/mol. The Hall–Kier alpha value is -1.53. The summed E-state index contributed by atoms with van der Waals surface area (Å²) < 4.78 is 0. The molecule has 0 aliphatic heterocycles. The van der Waals surface area contributed by atoms with Gasteiger partial charge in [-0.05, 0) is 48.6 Å². The van der Waals surface area contributed by atoms with Crippen molar-refractivity contribution in [2.75, 3.05) is 0 Å². The Balaban J connectivity index is 2.07.